The van der Waals surface area contributed by atoms with Crippen molar-refractivity contribution in [1.29, 1.82) is 0 Å². The van der Waals surface area contributed by atoms with Crippen LogP contribution in [0.2, 0.25) is 0 Å². The maximum atomic E-state index is 5.69. The molecular formula is C11H14N4. The number of nitrogens with two attached hydrogens (primary N) is 1. The summed E-state index contributed by atoms with van der Waals surface area (Å²) in [4.78, 5) is 4.39. The summed E-state index contributed by atoms with van der Waals surface area (Å²) < 4.78 is 1.78. The summed E-state index contributed by atoms with van der Waals surface area (Å²) in [6.45, 7) is 2.40. The largest absolute Gasteiger partial charge is 0.326 e. The van der Waals surface area contributed by atoms with Crippen LogP contribution in [0.4, 0.5) is 0 Å². The third-order valence-corrected chi connectivity index (χ3v) is 2.35. The minimum absolute atomic E-state index is 0.516. The molecule has 0 amide bonds. The second-order valence-corrected chi connectivity index (χ2v) is 3.47. The van der Waals surface area contributed by atoms with Crippen molar-refractivity contribution in [2.75, 3.05) is 0 Å². The van der Waals surface area contributed by atoms with Gasteiger partial charge in [0.2, 0.25) is 0 Å². The molecular weight excluding hydrogens is 188 g/mol. The summed E-state index contributed by atoms with van der Waals surface area (Å²) in [5.74, 6) is 1.65. The van der Waals surface area contributed by atoms with Gasteiger partial charge in [-0.15, -0.1) is 0 Å². The molecule has 0 saturated heterocycles. The molecule has 0 atom stereocenters. The first-order chi connectivity index (χ1) is 7.22. The van der Waals surface area contributed by atoms with Crippen LogP contribution in [0.25, 0.3) is 11.4 Å². The van der Waals surface area contributed by atoms with Crippen molar-refractivity contribution in [1.82, 2.24) is 14.8 Å². The Kier molecular flexibility index (Phi) is 2.51. The molecule has 1 heterocycles. The molecule has 0 aliphatic rings. The van der Waals surface area contributed by atoms with Crippen LogP contribution in [0.5, 0.6) is 0 Å². The van der Waals surface area contributed by atoms with E-state index in [4.69, 9.17) is 5.73 Å². The van der Waals surface area contributed by atoms with Crippen molar-refractivity contribution >= 4 is 0 Å². The van der Waals surface area contributed by atoms with Crippen molar-refractivity contribution in [3.8, 4) is 11.4 Å². The lowest BCUT2D eigenvalue weighted by atomic mass is 10.1. The van der Waals surface area contributed by atoms with E-state index in [-0.39, 0.29) is 0 Å². The van der Waals surface area contributed by atoms with Gasteiger partial charge in [0.25, 0.3) is 0 Å². The lowest BCUT2D eigenvalue weighted by Gasteiger charge is -2.05. The molecule has 1 aromatic carbocycles. The molecule has 1 aromatic heterocycles. The summed E-state index contributed by atoms with van der Waals surface area (Å²) in [6, 6.07) is 8.00. The van der Waals surface area contributed by atoms with Gasteiger partial charge >= 0.3 is 0 Å². The number of nitrogens with zero attached hydrogens (tertiary/aromatic N) is 3. The van der Waals surface area contributed by atoms with E-state index in [0.29, 0.717) is 6.54 Å². The zero-order chi connectivity index (χ0) is 10.8. The smallest absolute Gasteiger partial charge is 0.158 e. The summed E-state index contributed by atoms with van der Waals surface area (Å²) >= 11 is 0. The van der Waals surface area contributed by atoms with Crippen molar-refractivity contribution in [3.05, 3.63) is 35.7 Å². The van der Waals surface area contributed by atoms with Crippen molar-refractivity contribution in [3.63, 3.8) is 0 Å². The highest BCUT2D eigenvalue weighted by Gasteiger charge is 2.09. The molecule has 0 spiro atoms. The Morgan fingerprint density at radius 1 is 1.33 bits per heavy atom. The normalized spacial score (nSPS) is 10.6. The first-order valence-corrected chi connectivity index (χ1v) is 4.88. The van der Waals surface area contributed by atoms with Crippen LogP contribution in [0.15, 0.2) is 24.3 Å². The Bertz CT molecular complexity index is 473. The van der Waals surface area contributed by atoms with E-state index in [2.05, 4.69) is 10.1 Å². The van der Waals surface area contributed by atoms with E-state index in [9.17, 15) is 0 Å². The highest BCUT2D eigenvalue weighted by molar-refractivity contribution is 5.60. The quantitative estimate of drug-likeness (QED) is 0.797. The molecule has 0 aliphatic carbocycles. The Hall–Kier alpha value is -1.68. The minimum Gasteiger partial charge on any atom is -0.326 e. The third-order valence-electron chi connectivity index (χ3n) is 2.35. The molecule has 2 N–H and O–H groups in total. The van der Waals surface area contributed by atoms with E-state index in [0.717, 1.165) is 22.8 Å². The summed E-state index contributed by atoms with van der Waals surface area (Å²) in [6.07, 6.45) is 0. The van der Waals surface area contributed by atoms with Crippen LogP contribution in [0, 0.1) is 6.92 Å². The van der Waals surface area contributed by atoms with Crippen LogP contribution in [0.3, 0.4) is 0 Å². The standard InChI is InChI=1S/C11H14N4/c1-8-13-11(15(2)14-8)10-6-4-3-5-9(10)7-12/h3-6H,7,12H2,1-2H3. The predicted octanol–water partition coefficient (Wildman–Crippen LogP) is 1.25. The minimum atomic E-state index is 0.516. The Morgan fingerprint density at radius 3 is 2.67 bits per heavy atom. The Morgan fingerprint density at radius 2 is 2.07 bits per heavy atom. The number of hydrogen-bond acceptors (Lipinski definition) is 3. The lowest BCUT2D eigenvalue weighted by molar-refractivity contribution is 0.763. The summed E-state index contributed by atoms with van der Waals surface area (Å²) in [5.41, 5.74) is 7.84. The van der Waals surface area contributed by atoms with Gasteiger partial charge in [0.05, 0.1) is 0 Å². The monoisotopic (exact) mass is 202 g/mol. The molecule has 0 bridgehead atoms. The molecule has 0 fully saturated rings. The van der Waals surface area contributed by atoms with Gasteiger partial charge in [-0.1, -0.05) is 24.3 Å². The van der Waals surface area contributed by atoms with Gasteiger partial charge in [0.1, 0.15) is 5.82 Å². The Labute approximate surface area is 88.8 Å². The van der Waals surface area contributed by atoms with Gasteiger partial charge in [0.15, 0.2) is 5.82 Å². The number of benzene rings is 1. The SMILES string of the molecule is Cc1nc(-c2ccccc2CN)n(C)n1. The maximum absolute atomic E-state index is 5.69. The first kappa shape index (κ1) is 9.86. The molecule has 4 nitrogen and oxygen atoms in total. The number of aryl methyl sites for hydroxylation is 2. The van der Waals surface area contributed by atoms with Crippen LogP contribution in [0.1, 0.15) is 11.4 Å². The number of hydrogen-bond donors (Lipinski definition) is 1. The van der Waals surface area contributed by atoms with Gasteiger partial charge in [-0.05, 0) is 12.5 Å². The third kappa shape index (κ3) is 1.76. The maximum Gasteiger partial charge on any atom is 0.158 e. The highest BCUT2D eigenvalue weighted by atomic mass is 15.3. The van der Waals surface area contributed by atoms with Gasteiger partial charge < -0.3 is 5.73 Å². The number of rotatable bonds is 2. The average molecular weight is 202 g/mol. The second kappa shape index (κ2) is 3.82. The molecule has 0 unspecified atom stereocenters. The van der Waals surface area contributed by atoms with Gasteiger partial charge in [-0.2, -0.15) is 5.10 Å². The fourth-order valence-electron chi connectivity index (χ4n) is 1.66. The second-order valence-electron chi connectivity index (χ2n) is 3.47. The molecule has 0 radical (unpaired) electrons. The molecule has 4 heteroatoms. The molecule has 0 aliphatic heterocycles. The van der Waals surface area contributed by atoms with Crippen LogP contribution in [-0.4, -0.2) is 14.8 Å². The molecule has 15 heavy (non-hydrogen) atoms. The van der Waals surface area contributed by atoms with Crippen LogP contribution in [-0.2, 0) is 13.6 Å². The molecule has 0 saturated carbocycles. The summed E-state index contributed by atoms with van der Waals surface area (Å²) in [5, 5.41) is 4.23. The highest BCUT2D eigenvalue weighted by Crippen LogP contribution is 2.20. The first-order valence-electron chi connectivity index (χ1n) is 4.88. The van der Waals surface area contributed by atoms with Crippen molar-refractivity contribution in [2.45, 2.75) is 13.5 Å². The zero-order valence-electron chi connectivity index (χ0n) is 8.94. The van der Waals surface area contributed by atoms with E-state index in [1.165, 1.54) is 0 Å². The van der Waals surface area contributed by atoms with E-state index < -0.39 is 0 Å². The zero-order valence-corrected chi connectivity index (χ0v) is 8.94. The fraction of sp³-hybridized carbons (Fsp3) is 0.273. The van der Waals surface area contributed by atoms with Gasteiger partial charge in [-0.3, -0.25) is 0 Å². The van der Waals surface area contributed by atoms with E-state index >= 15 is 0 Å². The van der Waals surface area contributed by atoms with Gasteiger partial charge in [0, 0.05) is 19.2 Å². The van der Waals surface area contributed by atoms with E-state index in [1.54, 1.807) is 4.68 Å². The Balaban J connectivity index is 2.58. The van der Waals surface area contributed by atoms with Gasteiger partial charge in [-0.25, -0.2) is 9.67 Å². The topological polar surface area (TPSA) is 56.7 Å². The fourth-order valence-corrected chi connectivity index (χ4v) is 1.66. The van der Waals surface area contributed by atoms with E-state index in [1.807, 2.05) is 38.2 Å². The predicted molar refractivity (Wildman–Crippen MR) is 59.1 cm³/mol. The van der Waals surface area contributed by atoms with Crippen molar-refractivity contribution in [2.24, 2.45) is 12.8 Å². The van der Waals surface area contributed by atoms with Crippen LogP contribution >= 0.6 is 0 Å². The molecule has 2 aromatic rings. The number of aromatic nitrogens is 3. The summed E-state index contributed by atoms with van der Waals surface area (Å²) in [7, 11) is 1.89. The average Bonchev–Trinajstić information content (AvgIpc) is 2.57. The van der Waals surface area contributed by atoms with Crippen LogP contribution < -0.4 is 5.73 Å². The lowest BCUT2D eigenvalue weighted by Crippen LogP contribution is -2.02. The van der Waals surface area contributed by atoms with Crippen molar-refractivity contribution < 1.29 is 0 Å². The molecule has 2 rings (SSSR count). The molecule has 78 valence electrons.